The van der Waals surface area contributed by atoms with E-state index in [2.05, 4.69) is 37.8 Å². The summed E-state index contributed by atoms with van der Waals surface area (Å²) in [5.74, 6) is -1.54. The molecule has 0 saturated carbocycles. The van der Waals surface area contributed by atoms with E-state index in [1.807, 2.05) is 12.1 Å². The summed E-state index contributed by atoms with van der Waals surface area (Å²) < 4.78 is 20.4. The van der Waals surface area contributed by atoms with Crippen molar-refractivity contribution in [3.05, 3.63) is 99.3 Å². The Morgan fingerprint density at radius 1 is 1.14 bits per heavy atom. The fourth-order valence-corrected chi connectivity index (χ4v) is 3.78. The Labute approximate surface area is 217 Å². The van der Waals surface area contributed by atoms with Crippen LogP contribution in [0.25, 0.3) is 0 Å². The second-order valence-electron chi connectivity index (χ2n) is 8.16. The zero-order valence-corrected chi connectivity index (χ0v) is 21.3. The Morgan fingerprint density at radius 2 is 1.86 bits per heavy atom. The van der Waals surface area contributed by atoms with Crippen LogP contribution in [-0.4, -0.2) is 24.1 Å². The normalized spacial score (nSPS) is 11.7. The van der Waals surface area contributed by atoms with Crippen molar-refractivity contribution in [1.82, 2.24) is 10.7 Å². The van der Waals surface area contributed by atoms with E-state index < -0.39 is 23.7 Å². The van der Waals surface area contributed by atoms with Crippen molar-refractivity contribution in [2.45, 2.75) is 26.5 Å². The van der Waals surface area contributed by atoms with Crippen molar-refractivity contribution in [2.75, 3.05) is 0 Å². The summed E-state index contributed by atoms with van der Waals surface area (Å²) in [5.41, 5.74) is 4.30. The first kappa shape index (κ1) is 26.6. The van der Waals surface area contributed by atoms with Crippen LogP contribution in [0.1, 0.15) is 40.9 Å². The monoisotopic (exact) mass is 550 g/mol. The van der Waals surface area contributed by atoms with E-state index in [-0.39, 0.29) is 18.1 Å². The molecule has 0 heterocycles. The Balaban J connectivity index is 1.60. The van der Waals surface area contributed by atoms with E-state index in [1.54, 1.807) is 50.2 Å². The zero-order chi connectivity index (χ0) is 26.1. The van der Waals surface area contributed by atoms with Crippen molar-refractivity contribution in [2.24, 2.45) is 11.0 Å². The first-order chi connectivity index (χ1) is 17.3. The van der Waals surface area contributed by atoms with Gasteiger partial charge in [-0.15, -0.1) is 0 Å². The van der Waals surface area contributed by atoms with Gasteiger partial charge >= 0.3 is 0 Å². The molecule has 0 fully saturated rings. The van der Waals surface area contributed by atoms with Crippen LogP contribution in [0.15, 0.2) is 76.3 Å². The maximum atomic E-state index is 13.9. The highest BCUT2D eigenvalue weighted by atomic mass is 79.9. The third-order valence-electron chi connectivity index (χ3n) is 5.22. The molecule has 3 aromatic rings. The molecule has 1 unspecified atom stereocenters. The molecule has 9 heteroatoms. The lowest BCUT2D eigenvalue weighted by Gasteiger charge is -2.20. The van der Waals surface area contributed by atoms with Gasteiger partial charge in [-0.3, -0.25) is 9.59 Å². The number of halogens is 2. The highest BCUT2D eigenvalue weighted by molar-refractivity contribution is 9.10. The highest BCUT2D eigenvalue weighted by Crippen LogP contribution is 2.26. The second-order valence-corrected chi connectivity index (χ2v) is 9.01. The topological polar surface area (TPSA) is 104 Å². The van der Waals surface area contributed by atoms with Gasteiger partial charge in [0.15, 0.2) is 0 Å². The van der Waals surface area contributed by atoms with Crippen molar-refractivity contribution in [3.8, 4) is 11.8 Å². The second kappa shape index (κ2) is 12.6. The summed E-state index contributed by atoms with van der Waals surface area (Å²) in [6.07, 6.45) is 1.45. The van der Waals surface area contributed by atoms with E-state index in [0.717, 1.165) is 5.56 Å². The number of nitrogens with zero attached hydrogens (tertiary/aromatic N) is 2. The summed E-state index contributed by atoms with van der Waals surface area (Å²) in [4.78, 5) is 25.1. The van der Waals surface area contributed by atoms with Crippen LogP contribution in [0.4, 0.5) is 4.39 Å². The molecule has 2 amide bonds. The van der Waals surface area contributed by atoms with Gasteiger partial charge in [0, 0.05) is 5.56 Å². The highest BCUT2D eigenvalue weighted by Gasteiger charge is 2.25. The van der Waals surface area contributed by atoms with Gasteiger partial charge in [0.25, 0.3) is 11.8 Å². The van der Waals surface area contributed by atoms with Gasteiger partial charge in [-0.2, -0.15) is 10.4 Å². The number of amides is 2. The number of rotatable bonds is 9. The molecule has 36 heavy (non-hydrogen) atoms. The van der Waals surface area contributed by atoms with E-state index in [1.165, 1.54) is 24.4 Å². The Bertz CT molecular complexity index is 1320. The molecule has 0 spiro atoms. The van der Waals surface area contributed by atoms with Crippen LogP contribution in [0.5, 0.6) is 5.75 Å². The molecule has 0 radical (unpaired) electrons. The lowest BCUT2D eigenvalue weighted by Crippen LogP contribution is -2.48. The predicted molar refractivity (Wildman–Crippen MR) is 138 cm³/mol. The maximum absolute atomic E-state index is 13.9. The molecule has 184 valence electrons. The minimum Gasteiger partial charge on any atom is -0.488 e. The van der Waals surface area contributed by atoms with Crippen LogP contribution in [0, 0.1) is 23.1 Å². The standard InChI is InChI=1S/C27H24BrFN4O3/c1-17(2)25(32-26(34)21-9-5-6-10-23(21)29)27(35)33-31-15-18-11-12-24(22(28)13-18)36-16-20-8-4-3-7-19(20)14-30/h3-13,15,17,25H,16H2,1-2H3,(H,32,34)(H,33,35). The quantitative estimate of drug-likeness (QED) is 0.290. The molecule has 0 aliphatic carbocycles. The molecule has 1 atom stereocenters. The zero-order valence-electron chi connectivity index (χ0n) is 19.7. The third kappa shape index (κ3) is 6.99. The lowest BCUT2D eigenvalue weighted by molar-refractivity contribution is -0.123. The van der Waals surface area contributed by atoms with Gasteiger partial charge in [0.05, 0.1) is 27.9 Å². The van der Waals surface area contributed by atoms with Crippen LogP contribution in [-0.2, 0) is 11.4 Å². The van der Waals surface area contributed by atoms with Gasteiger partial charge in [-0.05, 0) is 63.8 Å². The number of ether oxygens (including phenoxy) is 1. The summed E-state index contributed by atoms with van der Waals surface area (Å²) in [5, 5.41) is 15.8. The summed E-state index contributed by atoms with van der Waals surface area (Å²) in [7, 11) is 0. The van der Waals surface area contributed by atoms with Gasteiger partial charge in [-0.25, -0.2) is 9.82 Å². The largest absolute Gasteiger partial charge is 0.488 e. The molecule has 0 aromatic heterocycles. The Kier molecular flexibility index (Phi) is 9.31. The molecular weight excluding hydrogens is 527 g/mol. The number of carbonyl (C=O) groups is 2. The van der Waals surface area contributed by atoms with Crippen LogP contribution in [0.3, 0.4) is 0 Å². The Hall–Kier alpha value is -4.03. The van der Waals surface area contributed by atoms with Crippen molar-refractivity contribution in [1.29, 1.82) is 5.26 Å². The number of hydrazone groups is 1. The van der Waals surface area contributed by atoms with Gasteiger partial charge < -0.3 is 10.1 Å². The van der Waals surface area contributed by atoms with Gasteiger partial charge in [0.2, 0.25) is 0 Å². The summed E-state index contributed by atoms with van der Waals surface area (Å²) in [6, 6.07) is 19.3. The third-order valence-corrected chi connectivity index (χ3v) is 5.84. The number of hydrogen-bond donors (Lipinski definition) is 2. The first-order valence-electron chi connectivity index (χ1n) is 11.1. The number of nitriles is 1. The fraction of sp³-hybridized carbons (Fsp3) is 0.185. The average Bonchev–Trinajstić information content (AvgIpc) is 2.86. The number of hydrogen-bond acceptors (Lipinski definition) is 5. The molecule has 3 aromatic carbocycles. The van der Waals surface area contributed by atoms with Crippen LogP contribution < -0.4 is 15.5 Å². The molecule has 0 aliphatic heterocycles. The lowest BCUT2D eigenvalue weighted by atomic mass is 10.0. The average molecular weight is 551 g/mol. The molecule has 2 N–H and O–H groups in total. The van der Waals surface area contributed by atoms with Crippen molar-refractivity contribution >= 4 is 34.0 Å². The van der Waals surface area contributed by atoms with Gasteiger partial charge in [0.1, 0.15) is 24.2 Å². The smallest absolute Gasteiger partial charge is 0.262 e. The molecular formula is C27H24BrFN4O3. The van der Waals surface area contributed by atoms with Gasteiger partial charge in [-0.1, -0.05) is 44.2 Å². The maximum Gasteiger partial charge on any atom is 0.262 e. The van der Waals surface area contributed by atoms with Crippen molar-refractivity contribution < 1.29 is 18.7 Å². The molecule has 0 aliphatic rings. The van der Waals surface area contributed by atoms with E-state index in [0.29, 0.717) is 21.3 Å². The summed E-state index contributed by atoms with van der Waals surface area (Å²) in [6.45, 7) is 3.77. The fourth-order valence-electron chi connectivity index (χ4n) is 3.26. The van der Waals surface area contributed by atoms with Crippen LogP contribution in [0.2, 0.25) is 0 Å². The number of benzene rings is 3. The minimum absolute atomic E-state index is 0.136. The number of carbonyl (C=O) groups excluding carboxylic acids is 2. The minimum atomic E-state index is -0.909. The molecule has 0 bridgehead atoms. The Morgan fingerprint density at radius 3 is 2.56 bits per heavy atom. The van der Waals surface area contributed by atoms with E-state index in [4.69, 9.17) is 4.74 Å². The number of nitrogens with one attached hydrogen (secondary N) is 2. The molecule has 0 saturated heterocycles. The summed E-state index contributed by atoms with van der Waals surface area (Å²) >= 11 is 3.46. The SMILES string of the molecule is CC(C)C(NC(=O)c1ccccc1F)C(=O)NN=Cc1ccc(OCc2ccccc2C#N)c(Br)c1. The van der Waals surface area contributed by atoms with Crippen LogP contribution >= 0.6 is 15.9 Å². The molecule has 7 nitrogen and oxygen atoms in total. The van der Waals surface area contributed by atoms with Crippen molar-refractivity contribution in [3.63, 3.8) is 0 Å². The van der Waals surface area contributed by atoms with E-state index >= 15 is 0 Å². The first-order valence-corrected chi connectivity index (χ1v) is 11.9. The predicted octanol–water partition coefficient (Wildman–Crippen LogP) is 4.94. The molecule has 3 rings (SSSR count). The van der Waals surface area contributed by atoms with E-state index in [9.17, 15) is 19.2 Å².